The summed E-state index contributed by atoms with van der Waals surface area (Å²) in [6.07, 6.45) is 0.817. The molecule has 0 bridgehead atoms. The minimum Gasteiger partial charge on any atom is -0.497 e. The van der Waals surface area contributed by atoms with Crippen LogP contribution in [0, 0.1) is 6.92 Å². The molecule has 0 saturated carbocycles. The summed E-state index contributed by atoms with van der Waals surface area (Å²) in [6.45, 7) is 4.64. The number of amides is 1. The zero-order chi connectivity index (χ0) is 16.7. The highest BCUT2D eigenvalue weighted by atomic mass is 32.2. The first-order valence-corrected chi connectivity index (χ1v) is 8.60. The highest BCUT2D eigenvalue weighted by Gasteiger charge is 2.13. The van der Waals surface area contributed by atoms with E-state index in [0.717, 1.165) is 17.1 Å². The molecule has 0 aliphatic rings. The first-order valence-electron chi connectivity index (χ1n) is 7.72. The number of carbonyl (C=O) groups is 1. The van der Waals surface area contributed by atoms with Gasteiger partial charge in [0.15, 0.2) is 0 Å². The zero-order valence-electron chi connectivity index (χ0n) is 13.8. The molecule has 1 N–H and O–H groups in total. The topological polar surface area (TPSA) is 38.3 Å². The Kier molecular flexibility index (Phi) is 6.53. The molecule has 0 saturated heterocycles. The zero-order valence-corrected chi connectivity index (χ0v) is 14.7. The highest BCUT2D eigenvalue weighted by molar-refractivity contribution is 8.00. The van der Waals surface area contributed by atoms with E-state index in [9.17, 15) is 4.79 Å². The van der Waals surface area contributed by atoms with Gasteiger partial charge in [-0.2, -0.15) is 0 Å². The molecule has 0 unspecified atom stereocenters. The van der Waals surface area contributed by atoms with Gasteiger partial charge < -0.3 is 10.1 Å². The van der Waals surface area contributed by atoms with Gasteiger partial charge in [-0.25, -0.2) is 0 Å². The molecule has 3 nitrogen and oxygen atoms in total. The maximum atomic E-state index is 12.2. The number of carbonyl (C=O) groups excluding carboxylic acids is 1. The van der Waals surface area contributed by atoms with Crippen molar-refractivity contribution < 1.29 is 9.53 Å². The lowest BCUT2D eigenvalue weighted by atomic mass is 10.1. The lowest BCUT2D eigenvalue weighted by Crippen LogP contribution is -2.32. The second kappa shape index (κ2) is 8.63. The van der Waals surface area contributed by atoms with E-state index < -0.39 is 0 Å². The van der Waals surface area contributed by atoms with Gasteiger partial charge >= 0.3 is 0 Å². The molecule has 122 valence electrons. The number of benzene rings is 2. The quantitative estimate of drug-likeness (QED) is 0.784. The van der Waals surface area contributed by atoms with E-state index in [0.29, 0.717) is 6.54 Å². The van der Waals surface area contributed by atoms with Gasteiger partial charge in [0.05, 0.1) is 12.4 Å². The fourth-order valence-corrected chi connectivity index (χ4v) is 3.03. The van der Waals surface area contributed by atoms with Gasteiger partial charge in [0.2, 0.25) is 5.91 Å². The van der Waals surface area contributed by atoms with Gasteiger partial charge in [-0.15, -0.1) is 11.8 Å². The molecule has 4 heteroatoms. The summed E-state index contributed by atoms with van der Waals surface area (Å²) in [5.41, 5.74) is 2.41. The molecule has 0 heterocycles. The molecule has 2 rings (SSSR count). The van der Waals surface area contributed by atoms with E-state index in [2.05, 4.69) is 36.5 Å². The molecule has 1 amide bonds. The largest absolute Gasteiger partial charge is 0.497 e. The Morgan fingerprint density at radius 1 is 1.13 bits per heavy atom. The third kappa shape index (κ3) is 5.64. The highest BCUT2D eigenvalue weighted by Crippen LogP contribution is 2.23. The van der Waals surface area contributed by atoms with Crippen LogP contribution in [0.15, 0.2) is 53.4 Å². The van der Waals surface area contributed by atoms with Crippen molar-refractivity contribution in [1.82, 2.24) is 5.32 Å². The lowest BCUT2D eigenvalue weighted by Gasteiger charge is -2.12. The summed E-state index contributed by atoms with van der Waals surface area (Å²) in [4.78, 5) is 13.3. The third-order valence-electron chi connectivity index (χ3n) is 3.58. The van der Waals surface area contributed by atoms with E-state index >= 15 is 0 Å². The summed E-state index contributed by atoms with van der Waals surface area (Å²) in [7, 11) is 1.66. The summed E-state index contributed by atoms with van der Waals surface area (Å²) in [5, 5.41) is 2.90. The first-order chi connectivity index (χ1) is 11.1. The average Bonchev–Trinajstić information content (AvgIpc) is 2.57. The van der Waals surface area contributed by atoms with Crippen LogP contribution in [0.25, 0.3) is 0 Å². The Bertz CT molecular complexity index is 623. The molecular weight excluding hydrogens is 306 g/mol. The number of aryl methyl sites for hydroxylation is 1. The normalized spacial score (nSPS) is 11.8. The van der Waals surface area contributed by atoms with Crippen molar-refractivity contribution in [2.24, 2.45) is 0 Å². The molecule has 0 aliphatic heterocycles. The SMILES string of the molecule is COc1ccc(CCNC(=O)[C@@H](C)Sc2ccc(C)cc2)cc1. The van der Waals surface area contributed by atoms with Crippen molar-refractivity contribution in [2.75, 3.05) is 13.7 Å². The van der Waals surface area contributed by atoms with Crippen LogP contribution in [0.3, 0.4) is 0 Å². The van der Waals surface area contributed by atoms with E-state index in [1.807, 2.05) is 31.2 Å². The Labute approximate surface area is 142 Å². The van der Waals surface area contributed by atoms with Crippen molar-refractivity contribution in [1.29, 1.82) is 0 Å². The van der Waals surface area contributed by atoms with E-state index in [1.54, 1.807) is 18.9 Å². The van der Waals surface area contributed by atoms with Gasteiger partial charge in [0.25, 0.3) is 0 Å². The van der Waals surface area contributed by atoms with Gasteiger partial charge in [0, 0.05) is 11.4 Å². The van der Waals surface area contributed by atoms with Crippen LogP contribution >= 0.6 is 11.8 Å². The molecule has 0 aliphatic carbocycles. The molecule has 0 radical (unpaired) electrons. The standard InChI is InChI=1S/C19H23NO2S/c1-14-4-10-18(11-5-14)23-15(2)19(21)20-13-12-16-6-8-17(22-3)9-7-16/h4-11,15H,12-13H2,1-3H3,(H,20,21)/t15-/m1/s1. The molecule has 2 aromatic carbocycles. The lowest BCUT2D eigenvalue weighted by molar-refractivity contribution is -0.120. The van der Waals surface area contributed by atoms with Crippen LogP contribution < -0.4 is 10.1 Å². The van der Waals surface area contributed by atoms with E-state index in [-0.39, 0.29) is 11.2 Å². The molecule has 1 atom stereocenters. The fourth-order valence-electron chi connectivity index (χ4n) is 2.14. The van der Waals surface area contributed by atoms with Crippen molar-refractivity contribution in [2.45, 2.75) is 30.4 Å². The van der Waals surface area contributed by atoms with Crippen LogP contribution in [0.4, 0.5) is 0 Å². The smallest absolute Gasteiger partial charge is 0.233 e. The first kappa shape index (κ1) is 17.4. The number of hydrogen-bond acceptors (Lipinski definition) is 3. The predicted octanol–water partition coefficient (Wildman–Crippen LogP) is 3.84. The predicted molar refractivity (Wildman–Crippen MR) is 96.2 cm³/mol. The fraction of sp³-hybridized carbons (Fsp3) is 0.316. The summed E-state index contributed by atoms with van der Waals surface area (Å²) >= 11 is 1.58. The molecule has 2 aromatic rings. The molecule has 0 fully saturated rings. The number of rotatable bonds is 7. The van der Waals surface area contributed by atoms with Gasteiger partial charge in [-0.1, -0.05) is 29.8 Å². The Morgan fingerprint density at radius 2 is 1.78 bits per heavy atom. The van der Waals surface area contributed by atoms with Crippen LogP contribution in [0.5, 0.6) is 5.75 Å². The second-order valence-corrected chi connectivity index (χ2v) is 6.88. The number of thioether (sulfide) groups is 1. The van der Waals surface area contributed by atoms with Gasteiger partial charge in [0.1, 0.15) is 5.75 Å². The van der Waals surface area contributed by atoms with E-state index in [1.165, 1.54) is 11.1 Å². The maximum Gasteiger partial charge on any atom is 0.233 e. The number of ether oxygens (including phenoxy) is 1. The van der Waals surface area contributed by atoms with Crippen LogP contribution in [0.2, 0.25) is 0 Å². The van der Waals surface area contributed by atoms with E-state index in [4.69, 9.17) is 4.74 Å². The van der Waals surface area contributed by atoms with Crippen molar-refractivity contribution in [3.8, 4) is 5.75 Å². The molecule has 0 spiro atoms. The number of nitrogens with one attached hydrogen (secondary N) is 1. The summed E-state index contributed by atoms with van der Waals surface area (Å²) in [6, 6.07) is 16.2. The van der Waals surface area contributed by atoms with Crippen molar-refractivity contribution in [3.63, 3.8) is 0 Å². The molecule has 23 heavy (non-hydrogen) atoms. The summed E-state index contributed by atoms with van der Waals surface area (Å²) < 4.78 is 5.13. The number of methoxy groups -OCH3 is 1. The molecule has 0 aromatic heterocycles. The maximum absolute atomic E-state index is 12.2. The van der Waals surface area contributed by atoms with Crippen LogP contribution in [0.1, 0.15) is 18.1 Å². The summed E-state index contributed by atoms with van der Waals surface area (Å²) in [5.74, 6) is 0.921. The minimum atomic E-state index is -0.103. The molecular formula is C19H23NO2S. The van der Waals surface area contributed by atoms with Crippen LogP contribution in [-0.4, -0.2) is 24.8 Å². The van der Waals surface area contributed by atoms with Crippen molar-refractivity contribution >= 4 is 17.7 Å². The number of hydrogen-bond donors (Lipinski definition) is 1. The van der Waals surface area contributed by atoms with Gasteiger partial charge in [-0.05, 0) is 50.1 Å². The van der Waals surface area contributed by atoms with Gasteiger partial charge in [-0.3, -0.25) is 4.79 Å². The Morgan fingerprint density at radius 3 is 2.39 bits per heavy atom. The minimum absolute atomic E-state index is 0.0732. The van der Waals surface area contributed by atoms with Crippen LogP contribution in [-0.2, 0) is 11.2 Å². The monoisotopic (exact) mass is 329 g/mol. The van der Waals surface area contributed by atoms with Crippen molar-refractivity contribution in [3.05, 3.63) is 59.7 Å². The Balaban J connectivity index is 1.75. The Hall–Kier alpha value is -1.94. The second-order valence-electron chi connectivity index (χ2n) is 5.46. The third-order valence-corrected chi connectivity index (χ3v) is 4.69. The average molecular weight is 329 g/mol.